The zero-order valence-corrected chi connectivity index (χ0v) is 19.1. The van der Waals surface area contributed by atoms with E-state index in [0.717, 1.165) is 41.8 Å². The van der Waals surface area contributed by atoms with E-state index >= 15 is 0 Å². The summed E-state index contributed by atoms with van der Waals surface area (Å²) in [5.41, 5.74) is 3.41. The summed E-state index contributed by atoms with van der Waals surface area (Å²) < 4.78 is 7.52. The SMILES string of the molecule is CCC(=Nc1cnn(C(C)C)c1)c1c(O)[nH]c2ccc(C(=O)N(C)C[C@H]3CCCO3)cc12. The fourth-order valence-electron chi connectivity index (χ4n) is 4.14. The highest BCUT2D eigenvalue weighted by atomic mass is 16.5. The lowest BCUT2D eigenvalue weighted by Crippen LogP contribution is -2.34. The minimum Gasteiger partial charge on any atom is -0.494 e. The number of hydrogen-bond donors (Lipinski definition) is 2. The molecule has 3 aromatic rings. The molecule has 0 unspecified atom stereocenters. The number of hydrogen-bond acceptors (Lipinski definition) is 5. The molecule has 1 amide bonds. The predicted molar refractivity (Wildman–Crippen MR) is 125 cm³/mol. The third-order valence-corrected chi connectivity index (χ3v) is 5.88. The number of nitrogens with one attached hydrogen (secondary N) is 1. The minimum atomic E-state index is -0.0674. The van der Waals surface area contributed by atoms with Crippen molar-refractivity contribution in [3.05, 3.63) is 41.7 Å². The molecule has 3 heterocycles. The smallest absolute Gasteiger partial charge is 0.253 e. The van der Waals surface area contributed by atoms with Gasteiger partial charge in [0, 0.05) is 42.7 Å². The van der Waals surface area contributed by atoms with Crippen molar-refractivity contribution in [1.29, 1.82) is 0 Å². The van der Waals surface area contributed by atoms with Crippen LogP contribution in [0.5, 0.6) is 5.88 Å². The van der Waals surface area contributed by atoms with E-state index in [4.69, 9.17) is 9.73 Å². The predicted octanol–water partition coefficient (Wildman–Crippen LogP) is 4.43. The summed E-state index contributed by atoms with van der Waals surface area (Å²) in [6.45, 7) is 7.44. The van der Waals surface area contributed by atoms with Crippen molar-refractivity contribution in [2.75, 3.05) is 20.2 Å². The molecule has 0 radical (unpaired) electrons. The largest absolute Gasteiger partial charge is 0.494 e. The van der Waals surface area contributed by atoms with Gasteiger partial charge >= 0.3 is 0 Å². The number of ether oxygens (including phenoxy) is 1. The van der Waals surface area contributed by atoms with Crippen molar-refractivity contribution in [3.63, 3.8) is 0 Å². The van der Waals surface area contributed by atoms with Crippen LogP contribution in [0.25, 0.3) is 10.9 Å². The number of carbonyl (C=O) groups excluding carboxylic acids is 1. The van der Waals surface area contributed by atoms with Crippen LogP contribution in [0.2, 0.25) is 0 Å². The normalized spacial score (nSPS) is 16.9. The maximum Gasteiger partial charge on any atom is 0.253 e. The first-order valence-corrected chi connectivity index (χ1v) is 11.2. The number of aromatic nitrogens is 3. The van der Waals surface area contributed by atoms with Gasteiger partial charge < -0.3 is 19.7 Å². The van der Waals surface area contributed by atoms with Crippen LogP contribution < -0.4 is 0 Å². The lowest BCUT2D eigenvalue weighted by Gasteiger charge is -2.21. The first-order chi connectivity index (χ1) is 15.4. The second kappa shape index (κ2) is 9.16. The Kier molecular flexibility index (Phi) is 6.32. The number of aromatic hydroxyl groups is 1. The van der Waals surface area contributed by atoms with Gasteiger partial charge in [-0.25, -0.2) is 4.99 Å². The molecular weight excluding hydrogens is 406 g/mol. The summed E-state index contributed by atoms with van der Waals surface area (Å²) in [7, 11) is 1.80. The molecule has 4 rings (SSSR count). The molecule has 0 aliphatic carbocycles. The van der Waals surface area contributed by atoms with Crippen LogP contribution in [0, 0.1) is 0 Å². The molecule has 2 aromatic heterocycles. The van der Waals surface area contributed by atoms with Gasteiger partial charge in [-0.1, -0.05) is 6.92 Å². The standard InChI is InChI=1S/C24H31N5O3/c1-5-20(26-17-12-25-29(13-17)15(2)3)22-19-11-16(8-9-21(19)27-23(22)30)24(31)28(4)14-18-7-6-10-32-18/h8-9,11-13,15,18,27,30H,5-7,10,14H2,1-4H3/t18-/m1/s1. The number of amides is 1. The Hall–Kier alpha value is -3.13. The van der Waals surface area contributed by atoms with Crippen LogP contribution in [0.3, 0.4) is 0 Å². The van der Waals surface area contributed by atoms with Gasteiger partial charge in [0.1, 0.15) is 5.69 Å². The number of rotatable bonds is 7. The summed E-state index contributed by atoms with van der Waals surface area (Å²) in [6, 6.07) is 5.69. The third-order valence-electron chi connectivity index (χ3n) is 5.88. The maximum absolute atomic E-state index is 13.0. The van der Waals surface area contributed by atoms with Crippen LogP contribution in [0.4, 0.5) is 5.69 Å². The number of aromatic amines is 1. The van der Waals surface area contributed by atoms with E-state index in [-0.39, 0.29) is 23.9 Å². The summed E-state index contributed by atoms with van der Waals surface area (Å²) in [5, 5.41) is 15.8. The lowest BCUT2D eigenvalue weighted by molar-refractivity contribution is 0.0587. The van der Waals surface area contributed by atoms with Gasteiger partial charge in [-0.05, 0) is 51.3 Å². The van der Waals surface area contributed by atoms with Gasteiger partial charge in [0.05, 0.1) is 29.8 Å². The Balaban J connectivity index is 1.67. The highest BCUT2D eigenvalue weighted by molar-refractivity contribution is 6.14. The Morgan fingerprint density at radius 1 is 1.44 bits per heavy atom. The topological polar surface area (TPSA) is 95.7 Å². The van der Waals surface area contributed by atoms with Crippen molar-refractivity contribution in [2.45, 2.75) is 52.2 Å². The quantitative estimate of drug-likeness (QED) is 0.535. The first kappa shape index (κ1) is 22.1. The zero-order chi connectivity index (χ0) is 22.8. The van der Waals surface area contributed by atoms with Gasteiger partial charge in [0.25, 0.3) is 5.91 Å². The van der Waals surface area contributed by atoms with Crippen LogP contribution in [0.15, 0.2) is 35.6 Å². The second-order valence-electron chi connectivity index (χ2n) is 8.61. The van der Waals surface area contributed by atoms with Crippen LogP contribution >= 0.6 is 0 Å². The third kappa shape index (κ3) is 4.41. The van der Waals surface area contributed by atoms with Crippen LogP contribution in [-0.4, -0.2) is 62.7 Å². The molecule has 0 spiro atoms. The highest BCUT2D eigenvalue weighted by Gasteiger charge is 2.22. The first-order valence-electron chi connectivity index (χ1n) is 11.2. The molecule has 0 bridgehead atoms. The average molecular weight is 438 g/mol. The molecule has 1 aliphatic rings. The van der Waals surface area contributed by atoms with Crippen molar-refractivity contribution < 1.29 is 14.6 Å². The molecule has 8 heteroatoms. The molecule has 8 nitrogen and oxygen atoms in total. The maximum atomic E-state index is 13.0. The number of nitrogens with zero attached hydrogens (tertiary/aromatic N) is 4. The zero-order valence-electron chi connectivity index (χ0n) is 19.1. The van der Waals surface area contributed by atoms with Crippen molar-refractivity contribution in [2.24, 2.45) is 4.99 Å². The average Bonchev–Trinajstić information content (AvgIpc) is 3.51. The molecule has 1 aromatic carbocycles. The van der Waals surface area contributed by atoms with E-state index in [9.17, 15) is 9.90 Å². The van der Waals surface area contributed by atoms with Gasteiger partial charge in [-0.15, -0.1) is 0 Å². The molecule has 0 saturated carbocycles. The number of carbonyl (C=O) groups is 1. The van der Waals surface area contributed by atoms with Crippen molar-refractivity contribution >= 4 is 28.2 Å². The van der Waals surface area contributed by atoms with E-state index in [2.05, 4.69) is 23.9 Å². The number of fused-ring (bicyclic) bond motifs is 1. The second-order valence-corrected chi connectivity index (χ2v) is 8.61. The van der Waals surface area contributed by atoms with Gasteiger partial charge in [-0.3, -0.25) is 9.48 Å². The van der Waals surface area contributed by atoms with Gasteiger partial charge in [0.2, 0.25) is 0 Å². The molecular formula is C24H31N5O3. The Morgan fingerprint density at radius 2 is 2.25 bits per heavy atom. The fourth-order valence-corrected chi connectivity index (χ4v) is 4.14. The fraction of sp³-hybridized carbons (Fsp3) is 0.458. The lowest BCUT2D eigenvalue weighted by atomic mass is 10.0. The number of benzene rings is 1. The molecule has 1 aliphatic heterocycles. The molecule has 2 N–H and O–H groups in total. The van der Waals surface area contributed by atoms with E-state index in [1.54, 1.807) is 24.2 Å². The minimum absolute atomic E-state index is 0.0501. The Labute approximate surface area is 187 Å². The molecule has 1 saturated heterocycles. The molecule has 1 fully saturated rings. The molecule has 170 valence electrons. The van der Waals surface area contributed by atoms with Crippen LogP contribution in [-0.2, 0) is 4.74 Å². The van der Waals surface area contributed by atoms with Crippen LogP contribution in [0.1, 0.15) is 62.0 Å². The molecule has 1 atom stereocenters. The highest BCUT2D eigenvalue weighted by Crippen LogP contribution is 2.31. The van der Waals surface area contributed by atoms with E-state index < -0.39 is 0 Å². The molecule has 32 heavy (non-hydrogen) atoms. The number of H-pyrrole nitrogens is 1. The van der Waals surface area contributed by atoms with Crippen molar-refractivity contribution in [1.82, 2.24) is 19.7 Å². The summed E-state index contributed by atoms with van der Waals surface area (Å²) in [6.07, 6.45) is 6.35. The van der Waals surface area contributed by atoms with E-state index in [0.29, 0.717) is 24.1 Å². The Bertz CT molecular complexity index is 1140. The number of aliphatic imine (C=N–C) groups is 1. The monoisotopic (exact) mass is 437 g/mol. The summed E-state index contributed by atoms with van der Waals surface area (Å²) in [5.74, 6) is -0.0172. The summed E-state index contributed by atoms with van der Waals surface area (Å²) in [4.78, 5) is 22.5. The summed E-state index contributed by atoms with van der Waals surface area (Å²) >= 11 is 0. The van der Waals surface area contributed by atoms with Gasteiger partial charge in [-0.2, -0.15) is 5.10 Å². The van der Waals surface area contributed by atoms with Crippen molar-refractivity contribution in [3.8, 4) is 5.88 Å². The van der Waals surface area contributed by atoms with E-state index in [1.807, 2.05) is 29.9 Å². The number of likely N-dealkylation sites (N-methyl/N-ethyl adjacent to an activating group) is 1. The van der Waals surface area contributed by atoms with Gasteiger partial charge in [0.15, 0.2) is 5.88 Å². The van der Waals surface area contributed by atoms with E-state index in [1.165, 1.54) is 0 Å². The Morgan fingerprint density at radius 3 is 2.91 bits per heavy atom.